The first-order valence-corrected chi connectivity index (χ1v) is 13.6. The molecule has 0 saturated carbocycles. The van der Waals surface area contributed by atoms with Crippen molar-refractivity contribution >= 4 is 0 Å². The summed E-state index contributed by atoms with van der Waals surface area (Å²) in [7, 11) is 0. The number of fused-ring (bicyclic) bond motifs is 3. The van der Waals surface area contributed by atoms with E-state index >= 15 is 0 Å². The average Bonchev–Trinajstić information content (AvgIpc) is 3.28. The Morgan fingerprint density at radius 2 is 0.892 bits per heavy atom. The minimum atomic E-state index is -0.343. The second-order valence-electron chi connectivity index (χ2n) is 9.09. The first-order chi connectivity index (χ1) is 18.2. The summed E-state index contributed by atoms with van der Waals surface area (Å²) in [6.07, 6.45) is 0. The molecule has 0 unspecified atom stereocenters. The van der Waals surface area contributed by atoms with Gasteiger partial charge in [0.15, 0.2) is 0 Å². The van der Waals surface area contributed by atoms with Crippen LogP contribution in [0.3, 0.4) is 0 Å². The number of hydrogen-bond acceptors (Lipinski definition) is 0. The van der Waals surface area contributed by atoms with Crippen molar-refractivity contribution in [2.24, 2.45) is 0 Å². The van der Waals surface area contributed by atoms with Crippen molar-refractivity contribution in [3.05, 3.63) is 155 Å². The molecule has 0 bridgehead atoms. The Bertz CT molecular complexity index is 1420. The predicted octanol–water partition coefficient (Wildman–Crippen LogP) is 10.4. The van der Waals surface area contributed by atoms with Gasteiger partial charge in [-0.25, -0.2) is 0 Å². The van der Waals surface area contributed by atoms with Gasteiger partial charge in [0.2, 0.25) is 0 Å². The molecule has 0 aliphatic heterocycles. The van der Waals surface area contributed by atoms with E-state index in [2.05, 4.69) is 135 Å². The van der Waals surface area contributed by atoms with E-state index in [1.807, 2.05) is 27.7 Å². The maximum absolute atomic E-state index is 2.43. The monoisotopic (exact) mass is 482 g/mol. The van der Waals surface area contributed by atoms with Crippen molar-refractivity contribution in [3.8, 4) is 22.3 Å². The Morgan fingerprint density at radius 1 is 0.405 bits per heavy atom. The third kappa shape index (κ3) is 4.42. The molecule has 1 aliphatic carbocycles. The highest BCUT2D eigenvalue weighted by Crippen LogP contribution is 2.56. The molecule has 0 N–H and O–H groups in total. The zero-order chi connectivity index (χ0) is 26.4. The highest BCUT2D eigenvalue weighted by atomic mass is 14.5. The summed E-state index contributed by atoms with van der Waals surface area (Å²) < 4.78 is 0. The predicted molar refractivity (Wildman–Crippen MR) is 161 cm³/mol. The van der Waals surface area contributed by atoms with Gasteiger partial charge in [-0.15, -0.1) is 0 Å². The smallest absolute Gasteiger partial charge is 0.0683 e. The molecule has 5 aromatic carbocycles. The molecule has 0 amide bonds. The average molecular weight is 483 g/mol. The van der Waals surface area contributed by atoms with E-state index in [9.17, 15) is 0 Å². The molecule has 0 radical (unpaired) electrons. The maximum Gasteiger partial charge on any atom is 0.0713 e. The van der Waals surface area contributed by atoms with Crippen LogP contribution in [-0.4, -0.2) is 0 Å². The largest absolute Gasteiger partial charge is 0.0713 e. The fourth-order valence-electron chi connectivity index (χ4n) is 5.54. The number of rotatable bonds is 3. The van der Waals surface area contributed by atoms with Gasteiger partial charge >= 0.3 is 0 Å². The van der Waals surface area contributed by atoms with Crippen molar-refractivity contribution < 1.29 is 0 Å². The summed E-state index contributed by atoms with van der Waals surface area (Å²) in [6.45, 7) is 12.4. The van der Waals surface area contributed by atoms with Crippen LogP contribution in [0.5, 0.6) is 0 Å². The summed E-state index contributed by atoms with van der Waals surface area (Å²) in [5.41, 5.74) is 12.8. The number of benzene rings is 5. The van der Waals surface area contributed by atoms with Gasteiger partial charge in [0.1, 0.15) is 0 Å². The summed E-state index contributed by atoms with van der Waals surface area (Å²) >= 11 is 0. The van der Waals surface area contributed by atoms with E-state index in [0.29, 0.717) is 0 Å². The molecule has 186 valence electrons. The minimum Gasteiger partial charge on any atom is -0.0683 e. The lowest BCUT2D eigenvalue weighted by Crippen LogP contribution is -2.28. The van der Waals surface area contributed by atoms with E-state index < -0.39 is 0 Å². The molecule has 37 heavy (non-hydrogen) atoms. The molecule has 6 rings (SSSR count). The van der Waals surface area contributed by atoms with Gasteiger partial charge in [-0.3, -0.25) is 0 Å². The summed E-state index contributed by atoms with van der Waals surface area (Å²) in [5, 5.41) is 0. The van der Waals surface area contributed by atoms with Crippen molar-refractivity contribution in [2.45, 2.75) is 47.0 Å². The lowest BCUT2D eigenvalue weighted by Gasteiger charge is -2.34. The first-order valence-electron chi connectivity index (χ1n) is 13.6. The van der Waals surface area contributed by atoms with Crippen LogP contribution >= 0.6 is 0 Å². The van der Waals surface area contributed by atoms with E-state index in [1.165, 1.54) is 55.6 Å². The van der Waals surface area contributed by atoms with Crippen LogP contribution in [0.4, 0.5) is 0 Å². The number of hydrogen-bond donors (Lipinski definition) is 0. The SMILES string of the molecule is CC.CC.Cc1ccc(-c2ccc3c(c2)C(c2ccccc2)(c2ccccc2)c2ccccc2-3)cc1C. The Balaban J connectivity index is 0.000000765. The molecule has 0 heteroatoms. The quantitative estimate of drug-likeness (QED) is 0.235. The Morgan fingerprint density at radius 3 is 1.49 bits per heavy atom. The Labute approximate surface area is 223 Å². The van der Waals surface area contributed by atoms with E-state index in [4.69, 9.17) is 0 Å². The van der Waals surface area contributed by atoms with Gasteiger partial charge in [-0.05, 0) is 75.5 Å². The molecule has 0 atom stereocenters. The van der Waals surface area contributed by atoms with Crippen LogP contribution in [-0.2, 0) is 5.41 Å². The van der Waals surface area contributed by atoms with E-state index in [-0.39, 0.29) is 5.41 Å². The van der Waals surface area contributed by atoms with Crippen LogP contribution < -0.4 is 0 Å². The Kier molecular flexibility index (Phi) is 8.09. The van der Waals surface area contributed by atoms with Gasteiger partial charge in [-0.2, -0.15) is 0 Å². The van der Waals surface area contributed by atoms with Gasteiger partial charge in [0.05, 0.1) is 5.41 Å². The number of aryl methyl sites for hydroxylation is 2. The van der Waals surface area contributed by atoms with Crippen LogP contribution in [0.1, 0.15) is 61.1 Å². The van der Waals surface area contributed by atoms with Crippen molar-refractivity contribution in [1.29, 1.82) is 0 Å². The molecule has 0 nitrogen and oxygen atoms in total. The summed E-state index contributed by atoms with van der Waals surface area (Å²) in [4.78, 5) is 0. The second-order valence-corrected chi connectivity index (χ2v) is 9.09. The third-order valence-corrected chi connectivity index (χ3v) is 7.30. The van der Waals surface area contributed by atoms with Gasteiger partial charge < -0.3 is 0 Å². The highest BCUT2D eigenvalue weighted by molar-refractivity contribution is 5.88. The lowest BCUT2D eigenvalue weighted by atomic mass is 9.67. The van der Waals surface area contributed by atoms with Crippen molar-refractivity contribution in [3.63, 3.8) is 0 Å². The topological polar surface area (TPSA) is 0 Å². The zero-order valence-electron chi connectivity index (χ0n) is 23.0. The van der Waals surface area contributed by atoms with Gasteiger partial charge in [0.25, 0.3) is 0 Å². The van der Waals surface area contributed by atoms with Crippen molar-refractivity contribution in [1.82, 2.24) is 0 Å². The lowest BCUT2D eigenvalue weighted by molar-refractivity contribution is 0.769. The normalized spacial score (nSPS) is 12.3. The molecule has 0 saturated heterocycles. The maximum atomic E-state index is 2.43. The minimum absolute atomic E-state index is 0.343. The zero-order valence-corrected chi connectivity index (χ0v) is 23.0. The molecule has 0 heterocycles. The third-order valence-electron chi connectivity index (χ3n) is 7.30. The molecule has 1 aliphatic rings. The molecular weight excluding hydrogens is 444 g/mol. The Hall–Kier alpha value is -3.90. The molecule has 0 aromatic heterocycles. The van der Waals surface area contributed by atoms with E-state index in [1.54, 1.807) is 0 Å². The molecule has 5 aromatic rings. The fourth-order valence-corrected chi connectivity index (χ4v) is 5.54. The summed E-state index contributed by atoms with van der Waals surface area (Å²) in [5.74, 6) is 0. The van der Waals surface area contributed by atoms with Gasteiger partial charge in [0, 0.05) is 0 Å². The first kappa shape index (κ1) is 26.2. The highest BCUT2D eigenvalue weighted by Gasteiger charge is 2.45. The van der Waals surface area contributed by atoms with Crippen LogP contribution in [0.25, 0.3) is 22.3 Å². The second kappa shape index (κ2) is 11.4. The van der Waals surface area contributed by atoms with Crippen molar-refractivity contribution in [2.75, 3.05) is 0 Å². The van der Waals surface area contributed by atoms with Gasteiger partial charge in [-0.1, -0.05) is 143 Å². The summed E-state index contributed by atoms with van der Waals surface area (Å²) in [6, 6.07) is 44.7. The van der Waals surface area contributed by atoms with E-state index in [0.717, 1.165) is 0 Å². The fraction of sp³-hybridized carbons (Fsp3) is 0.189. The van der Waals surface area contributed by atoms with Crippen LogP contribution in [0.15, 0.2) is 121 Å². The molecule has 0 fully saturated rings. The standard InChI is InChI=1S/C33H26.2C2H6/c1-23-17-18-25(21-24(23)2)26-19-20-30-29-15-9-10-16-31(29)33(32(30)22-26,27-11-5-3-6-12-27)28-13-7-4-8-14-28;2*1-2/h3-22H,1-2H3;2*1-2H3. The van der Waals surface area contributed by atoms with Crippen LogP contribution in [0, 0.1) is 13.8 Å². The molecular formula is C37H38. The van der Waals surface area contributed by atoms with Crippen LogP contribution in [0.2, 0.25) is 0 Å². The molecule has 0 spiro atoms.